The average Bonchev–Trinajstić information content (AvgIpc) is 3.15. The number of benzene rings is 4. The number of hydrogen-bond donors (Lipinski definition) is 0. The summed E-state index contributed by atoms with van der Waals surface area (Å²) in [7, 11) is 0. The highest BCUT2D eigenvalue weighted by Crippen LogP contribution is 2.42. The summed E-state index contributed by atoms with van der Waals surface area (Å²) in [6, 6.07) is 28.8. The first-order chi connectivity index (χ1) is 14.3. The highest BCUT2D eigenvalue weighted by molar-refractivity contribution is 6.00. The lowest BCUT2D eigenvalue weighted by Gasteiger charge is -2.13. The molecule has 0 N–H and O–H groups in total. The second-order valence-corrected chi connectivity index (χ2v) is 7.84. The van der Waals surface area contributed by atoms with Crippen LogP contribution in [0.25, 0.3) is 33.0 Å². The van der Waals surface area contributed by atoms with Crippen LogP contribution < -0.4 is 0 Å². The molecule has 0 heterocycles. The Bertz CT molecular complexity index is 1220. The minimum atomic E-state index is 0.890. The normalized spacial score (nSPS) is 12.4. The standard InChI is InChI=1S/C28H25N/c1-2-3-15-29-19-23-16-20-9-4-5-10-21(20)17-27(23)26-14-8-13-25-24-12-7-6-11-22(24)18-28(25)26/h4-14,16-17,19H,2-3,15,18H2,1H3. The summed E-state index contributed by atoms with van der Waals surface area (Å²) in [6.45, 7) is 3.10. The summed E-state index contributed by atoms with van der Waals surface area (Å²) < 4.78 is 0. The minimum absolute atomic E-state index is 0.890. The molecule has 1 aliphatic rings. The van der Waals surface area contributed by atoms with Crippen molar-refractivity contribution in [3.63, 3.8) is 0 Å². The summed E-state index contributed by atoms with van der Waals surface area (Å²) in [4.78, 5) is 4.73. The third kappa shape index (κ3) is 3.27. The summed E-state index contributed by atoms with van der Waals surface area (Å²) >= 11 is 0. The van der Waals surface area contributed by atoms with E-state index in [1.54, 1.807) is 0 Å². The SMILES string of the molecule is CCCCN=Cc1cc2ccccc2cc1-c1cccc2c1Cc1ccccc1-2. The zero-order chi connectivity index (χ0) is 19.6. The van der Waals surface area contributed by atoms with Crippen LogP contribution in [0.4, 0.5) is 0 Å². The van der Waals surface area contributed by atoms with E-state index in [2.05, 4.69) is 92.0 Å². The van der Waals surface area contributed by atoms with E-state index in [-0.39, 0.29) is 0 Å². The Morgan fingerprint density at radius 1 is 0.759 bits per heavy atom. The molecule has 0 aromatic heterocycles. The third-order valence-electron chi connectivity index (χ3n) is 5.93. The maximum absolute atomic E-state index is 4.73. The van der Waals surface area contributed by atoms with Crippen LogP contribution in [0.15, 0.2) is 83.9 Å². The van der Waals surface area contributed by atoms with E-state index in [1.165, 1.54) is 56.1 Å². The lowest BCUT2D eigenvalue weighted by atomic mass is 9.91. The van der Waals surface area contributed by atoms with Gasteiger partial charge in [-0.1, -0.05) is 80.1 Å². The largest absolute Gasteiger partial charge is 0.293 e. The highest BCUT2D eigenvalue weighted by Gasteiger charge is 2.22. The second-order valence-electron chi connectivity index (χ2n) is 7.84. The molecule has 0 aliphatic heterocycles. The Balaban J connectivity index is 1.68. The smallest absolute Gasteiger partial charge is 0.0389 e. The van der Waals surface area contributed by atoms with E-state index in [1.807, 2.05) is 0 Å². The van der Waals surface area contributed by atoms with Crippen molar-refractivity contribution in [1.29, 1.82) is 0 Å². The Morgan fingerprint density at radius 3 is 2.28 bits per heavy atom. The lowest BCUT2D eigenvalue weighted by molar-refractivity contribution is 0.810. The van der Waals surface area contributed by atoms with Gasteiger partial charge in [-0.3, -0.25) is 4.99 Å². The van der Waals surface area contributed by atoms with E-state index in [0.717, 1.165) is 19.4 Å². The molecule has 0 unspecified atom stereocenters. The maximum Gasteiger partial charge on any atom is 0.0389 e. The Kier molecular flexibility index (Phi) is 4.73. The van der Waals surface area contributed by atoms with Gasteiger partial charge in [0.1, 0.15) is 0 Å². The van der Waals surface area contributed by atoms with Crippen LogP contribution in [-0.4, -0.2) is 12.8 Å². The van der Waals surface area contributed by atoms with Crippen LogP contribution in [0.5, 0.6) is 0 Å². The fourth-order valence-electron chi connectivity index (χ4n) is 4.42. The van der Waals surface area contributed by atoms with Gasteiger partial charge in [-0.25, -0.2) is 0 Å². The fourth-order valence-corrected chi connectivity index (χ4v) is 4.42. The first-order valence-corrected chi connectivity index (χ1v) is 10.6. The van der Waals surface area contributed by atoms with E-state index in [4.69, 9.17) is 4.99 Å². The van der Waals surface area contributed by atoms with E-state index in [0.29, 0.717) is 0 Å². The van der Waals surface area contributed by atoms with Crippen molar-refractivity contribution < 1.29 is 0 Å². The third-order valence-corrected chi connectivity index (χ3v) is 5.93. The van der Waals surface area contributed by atoms with Gasteiger partial charge in [0, 0.05) is 18.3 Å². The molecular weight excluding hydrogens is 350 g/mol. The lowest BCUT2D eigenvalue weighted by Crippen LogP contribution is -1.94. The van der Waals surface area contributed by atoms with Gasteiger partial charge in [-0.2, -0.15) is 0 Å². The molecular formula is C28H25N. The molecule has 0 fully saturated rings. The van der Waals surface area contributed by atoms with Crippen LogP contribution in [0.3, 0.4) is 0 Å². The van der Waals surface area contributed by atoms with Crippen molar-refractivity contribution in [2.24, 2.45) is 4.99 Å². The van der Waals surface area contributed by atoms with Crippen molar-refractivity contribution in [3.8, 4) is 22.3 Å². The van der Waals surface area contributed by atoms with E-state index < -0.39 is 0 Å². The van der Waals surface area contributed by atoms with Gasteiger partial charge < -0.3 is 0 Å². The van der Waals surface area contributed by atoms with Crippen molar-refractivity contribution in [2.45, 2.75) is 26.2 Å². The summed E-state index contributed by atoms with van der Waals surface area (Å²) in [5, 5.41) is 2.55. The van der Waals surface area contributed by atoms with Crippen molar-refractivity contribution >= 4 is 17.0 Å². The Labute approximate surface area is 172 Å². The van der Waals surface area contributed by atoms with E-state index >= 15 is 0 Å². The van der Waals surface area contributed by atoms with Gasteiger partial charge in [0.15, 0.2) is 0 Å². The average molecular weight is 376 g/mol. The molecule has 0 bridgehead atoms. The van der Waals surface area contributed by atoms with E-state index in [9.17, 15) is 0 Å². The van der Waals surface area contributed by atoms with Crippen LogP contribution in [0.2, 0.25) is 0 Å². The summed E-state index contributed by atoms with van der Waals surface area (Å²) in [5.74, 6) is 0. The second kappa shape index (κ2) is 7.67. The van der Waals surface area contributed by atoms with Crippen molar-refractivity contribution in [3.05, 3.63) is 95.6 Å². The maximum atomic E-state index is 4.73. The number of fused-ring (bicyclic) bond motifs is 4. The molecule has 0 amide bonds. The van der Waals surface area contributed by atoms with Crippen LogP contribution >= 0.6 is 0 Å². The molecule has 1 aliphatic carbocycles. The van der Waals surface area contributed by atoms with Crippen LogP contribution in [0.1, 0.15) is 36.5 Å². The minimum Gasteiger partial charge on any atom is -0.293 e. The zero-order valence-electron chi connectivity index (χ0n) is 16.9. The molecule has 142 valence electrons. The molecule has 4 aromatic carbocycles. The summed E-state index contributed by atoms with van der Waals surface area (Å²) in [5.41, 5.74) is 9.45. The van der Waals surface area contributed by atoms with Gasteiger partial charge in [0.2, 0.25) is 0 Å². The molecule has 4 aromatic rings. The molecule has 0 atom stereocenters. The Hall–Kier alpha value is -3.19. The van der Waals surface area contributed by atoms with Crippen LogP contribution in [0, 0.1) is 0 Å². The van der Waals surface area contributed by atoms with Crippen LogP contribution in [-0.2, 0) is 6.42 Å². The quantitative estimate of drug-likeness (QED) is 0.226. The molecule has 29 heavy (non-hydrogen) atoms. The van der Waals surface area contributed by atoms with Crippen molar-refractivity contribution in [1.82, 2.24) is 0 Å². The first kappa shape index (κ1) is 17.9. The molecule has 0 saturated carbocycles. The van der Waals surface area contributed by atoms with Gasteiger partial charge in [-0.15, -0.1) is 0 Å². The number of aliphatic imine (C=N–C) groups is 1. The predicted molar refractivity (Wildman–Crippen MR) is 125 cm³/mol. The Morgan fingerprint density at radius 2 is 1.45 bits per heavy atom. The summed E-state index contributed by atoms with van der Waals surface area (Å²) in [6.07, 6.45) is 5.39. The van der Waals surface area contributed by atoms with Gasteiger partial charge >= 0.3 is 0 Å². The predicted octanol–water partition coefficient (Wildman–Crippen LogP) is 7.30. The van der Waals surface area contributed by atoms with Gasteiger partial charge in [0.25, 0.3) is 0 Å². The molecule has 0 saturated heterocycles. The number of nitrogens with zero attached hydrogens (tertiary/aromatic N) is 1. The number of rotatable bonds is 5. The molecule has 0 radical (unpaired) electrons. The monoisotopic (exact) mass is 375 g/mol. The highest BCUT2D eigenvalue weighted by atomic mass is 14.7. The first-order valence-electron chi connectivity index (χ1n) is 10.6. The van der Waals surface area contributed by atoms with Gasteiger partial charge in [0.05, 0.1) is 0 Å². The molecule has 5 rings (SSSR count). The van der Waals surface area contributed by atoms with Crippen molar-refractivity contribution in [2.75, 3.05) is 6.54 Å². The zero-order valence-corrected chi connectivity index (χ0v) is 16.9. The number of hydrogen-bond acceptors (Lipinski definition) is 1. The van der Waals surface area contributed by atoms with Gasteiger partial charge in [-0.05, 0) is 69.1 Å². The topological polar surface area (TPSA) is 12.4 Å². The molecule has 0 spiro atoms. The molecule has 1 heteroatoms. The molecule has 1 nitrogen and oxygen atoms in total. The fraction of sp³-hybridized carbons (Fsp3) is 0.179. The number of unbranched alkanes of at least 4 members (excludes halogenated alkanes) is 1.